The molecular formula is C13H17BrClNO2S. The Morgan fingerprint density at radius 1 is 1.68 bits per heavy atom. The second-order valence-electron chi connectivity index (χ2n) is 5.09. The Balaban J connectivity index is 2.07. The maximum atomic E-state index is 11.5. The smallest absolute Gasteiger partial charge is 0.310 e. The topological polar surface area (TPSA) is 40.5 Å². The van der Waals surface area contributed by atoms with Crippen LogP contribution in [0.15, 0.2) is 10.5 Å². The molecule has 0 saturated carbocycles. The third-order valence-electron chi connectivity index (χ3n) is 3.86. The van der Waals surface area contributed by atoms with E-state index in [1.54, 1.807) is 11.3 Å². The normalized spacial score (nSPS) is 24.6. The molecule has 1 N–H and O–H groups in total. The van der Waals surface area contributed by atoms with Crippen molar-refractivity contribution >= 4 is 44.8 Å². The van der Waals surface area contributed by atoms with Gasteiger partial charge in [0, 0.05) is 22.4 Å². The third kappa shape index (κ3) is 3.32. The van der Waals surface area contributed by atoms with Crippen LogP contribution in [0.25, 0.3) is 0 Å². The molecule has 1 fully saturated rings. The largest absolute Gasteiger partial charge is 0.481 e. The minimum absolute atomic E-state index is 0.573. The van der Waals surface area contributed by atoms with Crippen LogP contribution in [0.5, 0.6) is 0 Å². The van der Waals surface area contributed by atoms with Gasteiger partial charge < -0.3 is 5.11 Å². The fourth-order valence-electron chi connectivity index (χ4n) is 2.67. The molecule has 0 aliphatic carbocycles. The number of aliphatic carboxylic acids is 1. The van der Waals surface area contributed by atoms with Gasteiger partial charge in [-0.3, -0.25) is 9.69 Å². The first-order valence-corrected chi connectivity index (χ1v) is 8.35. The number of carboxylic acids is 1. The second-order valence-corrected chi connectivity index (χ2v) is 7.68. The predicted octanol–water partition coefficient (Wildman–Crippen LogP) is 4.24. The van der Waals surface area contributed by atoms with E-state index in [1.807, 2.05) is 13.0 Å². The van der Waals surface area contributed by atoms with Crippen molar-refractivity contribution in [2.75, 3.05) is 13.1 Å². The predicted molar refractivity (Wildman–Crippen MR) is 81.9 cm³/mol. The van der Waals surface area contributed by atoms with Crippen LogP contribution < -0.4 is 0 Å². The van der Waals surface area contributed by atoms with E-state index >= 15 is 0 Å². The zero-order chi connectivity index (χ0) is 14.0. The van der Waals surface area contributed by atoms with Crippen LogP contribution in [-0.2, 0) is 11.3 Å². The van der Waals surface area contributed by atoms with Gasteiger partial charge in [0.25, 0.3) is 0 Å². The quantitative estimate of drug-likeness (QED) is 0.866. The maximum absolute atomic E-state index is 11.5. The third-order valence-corrected chi connectivity index (χ3v) is 6.32. The standard InChI is InChI=1S/C13H17BrClNO2S/c1-2-13(12(17)18)4-3-5-16(8-13)7-9-6-10(14)11(15)19-9/h6H,2-5,7-8H2,1H3,(H,17,18). The van der Waals surface area contributed by atoms with E-state index in [0.717, 1.165) is 34.7 Å². The van der Waals surface area contributed by atoms with Crippen LogP contribution in [0.4, 0.5) is 0 Å². The summed E-state index contributed by atoms with van der Waals surface area (Å²) in [6.45, 7) is 4.34. The summed E-state index contributed by atoms with van der Waals surface area (Å²) in [5.41, 5.74) is -0.573. The zero-order valence-corrected chi connectivity index (χ0v) is 13.9. The van der Waals surface area contributed by atoms with Gasteiger partial charge in [-0.05, 0) is 47.8 Å². The van der Waals surface area contributed by atoms with Gasteiger partial charge in [-0.25, -0.2) is 0 Å². The average molecular weight is 367 g/mol. The molecule has 1 aromatic rings. The fraction of sp³-hybridized carbons (Fsp3) is 0.615. The highest BCUT2D eigenvalue weighted by atomic mass is 79.9. The lowest BCUT2D eigenvalue weighted by Gasteiger charge is -2.39. The molecule has 106 valence electrons. The summed E-state index contributed by atoms with van der Waals surface area (Å²) in [7, 11) is 0. The van der Waals surface area contributed by atoms with Gasteiger partial charge in [-0.2, -0.15) is 0 Å². The van der Waals surface area contributed by atoms with Crippen molar-refractivity contribution in [3.63, 3.8) is 0 Å². The van der Waals surface area contributed by atoms with E-state index in [-0.39, 0.29) is 0 Å². The summed E-state index contributed by atoms with van der Waals surface area (Å²) >= 11 is 11.0. The average Bonchev–Trinajstić information content (AvgIpc) is 2.68. The highest BCUT2D eigenvalue weighted by Gasteiger charge is 2.40. The molecule has 1 aromatic heterocycles. The van der Waals surface area contributed by atoms with Crippen molar-refractivity contribution in [3.05, 3.63) is 19.8 Å². The molecule has 2 heterocycles. The molecule has 1 aliphatic heterocycles. The number of hydrogen-bond donors (Lipinski definition) is 1. The van der Waals surface area contributed by atoms with E-state index in [2.05, 4.69) is 20.8 Å². The molecule has 1 unspecified atom stereocenters. The molecular weight excluding hydrogens is 350 g/mol. The molecule has 1 saturated heterocycles. The number of rotatable bonds is 4. The Morgan fingerprint density at radius 2 is 2.42 bits per heavy atom. The number of thiophene rings is 1. The van der Waals surface area contributed by atoms with Crippen LogP contribution in [-0.4, -0.2) is 29.1 Å². The van der Waals surface area contributed by atoms with Gasteiger partial charge in [-0.15, -0.1) is 11.3 Å². The molecule has 1 atom stereocenters. The SMILES string of the molecule is CCC1(C(=O)O)CCCN(Cc2cc(Br)c(Cl)s2)C1. The fourth-order valence-corrected chi connectivity index (χ4v) is 4.50. The lowest BCUT2D eigenvalue weighted by Crippen LogP contribution is -2.47. The highest BCUT2D eigenvalue weighted by molar-refractivity contribution is 9.10. The number of nitrogens with zero attached hydrogens (tertiary/aromatic N) is 1. The number of carbonyl (C=O) groups is 1. The maximum Gasteiger partial charge on any atom is 0.310 e. The van der Waals surface area contributed by atoms with Gasteiger partial charge in [0.05, 0.1) is 5.41 Å². The molecule has 2 rings (SSSR count). The number of hydrogen-bond acceptors (Lipinski definition) is 3. The Morgan fingerprint density at radius 3 is 2.95 bits per heavy atom. The van der Waals surface area contributed by atoms with Crippen LogP contribution in [0.3, 0.4) is 0 Å². The van der Waals surface area contributed by atoms with Crippen molar-refractivity contribution in [1.82, 2.24) is 4.90 Å². The van der Waals surface area contributed by atoms with Crippen LogP contribution in [0.2, 0.25) is 4.34 Å². The summed E-state index contributed by atoms with van der Waals surface area (Å²) in [6.07, 6.45) is 2.42. The van der Waals surface area contributed by atoms with Gasteiger partial charge in [0.2, 0.25) is 0 Å². The van der Waals surface area contributed by atoms with Crippen molar-refractivity contribution < 1.29 is 9.90 Å². The Kier molecular flexibility index (Phi) is 4.93. The van der Waals surface area contributed by atoms with E-state index in [4.69, 9.17) is 11.6 Å². The molecule has 0 spiro atoms. The first-order valence-electron chi connectivity index (χ1n) is 6.36. The summed E-state index contributed by atoms with van der Waals surface area (Å²) in [5, 5.41) is 9.47. The highest BCUT2D eigenvalue weighted by Crippen LogP contribution is 2.36. The zero-order valence-electron chi connectivity index (χ0n) is 10.8. The van der Waals surface area contributed by atoms with Gasteiger partial charge in [0.15, 0.2) is 0 Å². The monoisotopic (exact) mass is 365 g/mol. The summed E-state index contributed by atoms with van der Waals surface area (Å²) in [6, 6.07) is 2.02. The molecule has 0 aromatic carbocycles. The van der Waals surface area contributed by atoms with Gasteiger partial charge in [-0.1, -0.05) is 18.5 Å². The minimum Gasteiger partial charge on any atom is -0.481 e. The van der Waals surface area contributed by atoms with Crippen molar-refractivity contribution in [2.45, 2.75) is 32.7 Å². The molecule has 1 aliphatic rings. The minimum atomic E-state index is -0.662. The number of likely N-dealkylation sites (tertiary alicyclic amines) is 1. The van der Waals surface area contributed by atoms with Crippen LogP contribution in [0.1, 0.15) is 31.1 Å². The second kappa shape index (κ2) is 6.12. The molecule has 3 nitrogen and oxygen atoms in total. The molecule has 0 bridgehead atoms. The van der Waals surface area contributed by atoms with Crippen LogP contribution in [0, 0.1) is 5.41 Å². The van der Waals surface area contributed by atoms with Gasteiger partial charge >= 0.3 is 5.97 Å². The number of piperidine rings is 1. The van der Waals surface area contributed by atoms with Gasteiger partial charge in [0.1, 0.15) is 4.34 Å². The van der Waals surface area contributed by atoms with Crippen molar-refractivity contribution in [1.29, 1.82) is 0 Å². The molecule has 6 heteroatoms. The summed E-state index contributed by atoms with van der Waals surface area (Å²) in [5.74, 6) is -0.662. The Bertz CT molecular complexity index is 460. The summed E-state index contributed by atoms with van der Waals surface area (Å²) < 4.78 is 1.68. The lowest BCUT2D eigenvalue weighted by atomic mass is 9.77. The first-order chi connectivity index (χ1) is 8.97. The molecule has 0 radical (unpaired) electrons. The van der Waals surface area contributed by atoms with Crippen molar-refractivity contribution in [3.8, 4) is 0 Å². The van der Waals surface area contributed by atoms with E-state index < -0.39 is 11.4 Å². The Hall–Kier alpha value is -0.100. The Labute approximate surface area is 130 Å². The van der Waals surface area contributed by atoms with E-state index in [1.165, 1.54) is 4.88 Å². The number of carboxylic acid groups (broad SMARTS) is 1. The molecule has 0 amide bonds. The van der Waals surface area contributed by atoms with Crippen molar-refractivity contribution in [2.24, 2.45) is 5.41 Å². The first kappa shape index (κ1) is 15.3. The number of halogens is 2. The van der Waals surface area contributed by atoms with E-state index in [9.17, 15) is 9.90 Å². The molecule has 19 heavy (non-hydrogen) atoms. The van der Waals surface area contributed by atoms with Crippen LogP contribution >= 0.6 is 38.9 Å². The lowest BCUT2D eigenvalue weighted by molar-refractivity contribution is -0.153. The summed E-state index contributed by atoms with van der Waals surface area (Å²) in [4.78, 5) is 14.9. The van der Waals surface area contributed by atoms with E-state index in [0.29, 0.717) is 13.0 Å².